The maximum absolute atomic E-state index is 10.6. The molecule has 0 unspecified atom stereocenters. The summed E-state index contributed by atoms with van der Waals surface area (Å²) < 4.78 is 33.1. The van der Waals surface area contributed by atoms with Crippen LogP contribution in [0.4, 0.5) is 0 Å². The number of benzene rings is 2. The highest BCUT2D eigenvalue weighted by Crippen LogP contribution is 2.10. The number of tetrazole rings is 1. The number of aryl methyl sites for hydroxylation is 1. The zero-order valence-electron chi connectivity index (χ0n) is 19.2. The van der Waals surface area contributed by atoms with Crippen LogP contribution in [0.15, 0.2) is 59.5 Å². The van der Waals surface area contributed by atoms with Gasteiger partial charge in [-0.05, 0) is 40.6 Å². The highest BCUT2D eigenvalue weighted by atomic mass is 32.2. The summed E-state index contributed by atoms with van der Waals surface area (Å²) in [5.41, 5.74) is 1.34. The van der Waals surface area contributed by atoms with Gasteiger partial charge in [0.25, 0.3) is 10.1 Å². The fourth-order valence-electron chi connectivity index (χ4n) is 3.16. The van der Waals surface area contributed by atoms with E-state index in [9.17, 15) is 13.2 Å². The number of nitrogens with zero attached hydrogens (tertiary/aromatic N) is 4. The number of unbranched alkanes of at least 4 members (excludes halogenated alkanes) is 5. The Hall–Kier alpha value is -3.31. The third kappa shape index (κ3) is 8.91. The molecule has 3 aromatic rings. The van der Waals surface area contributed by atoms with Gasteiger partial charge in [0.2, 0.25) is 5.62 Å². The lowest BCUT2D eigenvalue weighted by Gasteiger charge is -2.02. The van der Waals surface area contributed by atoms with E-state index in [-0.39, 0.29) is 5.56 Å². The Morgan fingerprint density at radius 1 is 0.941 bits per heavy atom. The summed E-state index contributed by atoms with van der Waals surface area (Å²) >= 11 is 0. The van der Waals surface area contributed by atoms with Gasteiger partial charge in [0.1, 0.15) is 0 Å². The second-order valence-electron chi connectivity index (χ2n) is 7.74. The molecule has 0 saturated heterocycles. The van der Waals surface area contributed by atoms with Crippen molar-refractivity contribution in [1.82, 2.24) is 19.8 Å². The van der Waals surface area contributed by atoms with Gasteiger partial charge in [-0.15, -0.1) is 0 Å². The molecule has 11 heteroatoms. The largest absolute Gasteiger partial charge is 0.478 e. The molecule has 0 bridgehead atoms. The molecule has 1 aromatic heterocycles. The first-order chi connectivity index (χ1) is 16.2. The van der Waals surface area contributed by atoms with Crippen LogP contribution >= 0.6 is 0 Å². The number of carboxylic acids is 1. The molecule has 0 aliphatic rings. The molecule has 34 heavy (non-hydrogen) atoms. The Bertz CT molecular complexity index is 1210. The summed E-state index contributed by atoms with van der Waals surface area (Å²) in [6.45, 7) is 3.63. The molecule has 2 aromatic carbocycles. The molecule has 0 spiro atoms. The molecule has 3 rings (SSSR count). The average Bonchev–Trinajstić information content (AvgIpc) is 3.16. The Morgan fingerprint density at radius 3 is 2.24 bits per heavy atom. The van der Waals surface area contributed by atoms with Gasteiger partial charge < -0.3 is 5.11 Å². The van der Waals surface area contributed by atoms with Gasteiger partial charge in [0.15, 0.2) is 0 Å². The SMILES string of the molecule is CCCCCCCCn1nnn(Cc2ccccc2)c1=N.O=C(O)c1cccc(S(=O)(=O)O)c1. The van der Waals surface area contributed by atoms with Crippen molar-refractivity contribution in [1.29, 1.82) is 5.41 Å². The summed E-state index contributed by atoms with van der Waals surface area (Å²) in [6.07, 6.45) is 7.47. The molecule has 3 N–H and O–H groups in total. The highest BCUT2D eigenvalue weighted by Gasteiger charge is 2.11. The van der Waals surface area contributed by atoms with Gasteiger partial charge >= 0.3 is 5.97 Å². The molecule has 0 aliphatic carbocycles. The lowest BCUT2D eigenvalue weighted by atomic mass is 10.1. The van der Waals surface area contributed by atoms with Gasteiger partial charge in [-0.2, -0.15) is 8.42 Å². The summed E-state index contributed by atoms with van der Waals surface area (Å²) in [7, 11) is -4.32. The van der Waals surface area contributed by atoms with E-state index in [1.807, 2.05) is 30.3 Å². The molecule has 0 amide bonds. The van der Waals surface area contributed by atoms with Gasteiger partial charge in [0.05, 0.1) is 17.0 Å². The van der Waals surface area contributed by atoms with Crippen LogP contribution in [0.25, 0.3) is 0 Å². The number of hydrogen-bond donors (Lipinski definition) is 3. The van der Waals surface area contributed by atoms with Crippen LogP contribution in [-0.4, -0.2) is 43.8 Å². The van der Waals surface area contributed by atoms with Crippen molar-refractivity contribution in [2.24, 2.45) is 0 Å². The van der Waals surface area contributed by atoms with Crippen LogP contribution in [0.2, 0.25) is 0 Å². The van der Waals surface area contributed by atoms with Crippen molar-refractivity contribution in [2.45, 2.75) is 63.4 Å². The van der Waals surface area contributed by atoms with Crippen LogP contribution in [0.3, 0.4) is 0 Å². The minimum Gasteiger partial charge on any atom is -0.478 e. The number of aromatic nitrogens is 4. The normalized spacial score (nSPS) is 11.0. The third-order valence-electron chi connectivity index (χ3n) is 5.02. The molecule has 0 saturated carbocycles. The second-order valence-corrected chi connectivity index (χ2v) is 9.17. The van der Waals surface area contributed by atoms with E-state index < -0.39 is 21.0 Å². The first-order valence-electron chi connectivity index (χ1n) is 11.1. The lowest BCUT2D eigenvalue weighted by molar-refractivity contribution is 0.0696. The van der Waals surface area contributed by atoms with Crippen molar-refractivity contribution < 1.29 is 22.9 Å². The van der Waals surface area contributed by atoms with Crippen LogP contribution < -0.4 is 5.62 Å². The maximum Gasteiger partial charge on any atom is 0.335 e. The highest BCUT2D eigenvalue weighted by molar-refractivity contribution is 7.85. The van der Waals surface area contributed by atoms with E-state index in [2.05, 4.69) is 17.4 Å². The van der Waals surface area contributed by atoms with Crippen molar-refractivity contribution in [3.05, 3.63) is 71.3 Å². The van der Waals surface area contributed by atoms with Gasteiger partial charge in [-0.3, -0.25) is 9.96 Å². The number of aromatic carboxylic acids is 1. The molecule has 0 aliphatic heterocycles. The van der Waals surface area contributed by atoms with Crippen molar-refractivity contribution in [2.75, 3.05) is 0 Å². The molecule has 0 radical (unpaired) electrons. The predicted molar refractivity (Wildman–Crippen MR) is 126 cm³/mol. The van der Waals surface area contributed by atoms with Gasteiger partial charge in [-0.1, -0.05) is 75.4 Å². The molecule has 10 nitrogen and oxygen atoms in total. The van der Waals surface area contributed by atoms with Crippen LogP contribution in [0.5, 0.6) is 0 Å². The molecule has 0 atom stereocenters. The first kappa shape index (κ1) is 26.9. The van der Waals surface area contributed by atoms with Crippen molar-refractivity contribution >= 4 is 16.1 Å². The summed E-state index contributed by atoms with van der Waals surface area (Å²) in [5.74, 6) is -1.24. The van der Waals surface area contributed by atoms with Crippen molar-refractivity contribution in [3.63, 3.8) is 0 Å². The number of nitrogens with one attached hydrogen (secondary N) is 1. The first-order valence-corrected chi connectivity index (χ1v) is 12.6. The van der Waals surface area contributed by atoms with Crippen LogP contribution in [-0.2, 0) is 23.2 Å². The molecular formula is C23H31N5O5S. The van der Waals surface area contributed by atoms with Crippen LogP contribution in [0.1, 0.15) is 61.4 Å². The Labute approximate surface area is 199 Å². The zero-order valence-corrected chi connectivity index (χ0v) is 20.0. The monoisotopic (exact) mass is 489 g/mol. The van der Waals surface area contributed by atoms with Crippen molar-refractivity contribution in [3.8, 4) is 0 Å². The molecular weight excluding hydrogens is 458 g/mol. The number of carbonyl (C=O) groups is 1. The second kappa shape index (κ2) is 13.4. The Balaban J connectivity index is 0.000000270. The topological polar surface area (TPSA) is 151 Å². The molecule has 184 valence electrons. The van der Waals surface area contributed by atoms with Gasteiger partial charge in [0, 0.05) is 6.54 Å². The quantitative estimate of drug-likeness (QED) is 0.275. The summed E-state index contributed by atoms with van der Waals surface area (Å²) in [4.78, 5) is 9.98. The third-order valence-corrected chi connectivity index (χ3v) is 5.87. The van der Waals surface area contributed by atoms with E-state index in [0.717, 1.165) is 30.7 Å². The number of rotatable bonds is 11. The Morgan fingerprint density at radius 2 is 1.59 bits per heavy atom. The lowest BCUT2D eigenvalue weighted by Crippen LogP contribution is -2.26. The predicted octanol–water partition coefficient (Wildman–Crippen LogP) is 3.60. The summed E-state index contributed by atoms with van der Waals surface area (Å²) in [5, 5.41) is 24.8. The van der Waals surface area contributed by atoms with E-state index in [0.29, 0.717) is 12.2 Å². The fourth-order valence-corrected chi connectivity index (χ4v) is 3.69. The zero-order chi connectivity index (χ0) is 25.0. The van der Waals surface area contributed by atoms with E-state index in [1.54, 1.807) is 9.36 Å². The molecule has 0 fully saturated rings. The standard InChI is InChI=1S/C16H25N5.C7H6O5S/c1-2-3-4-5-6-10-13-20-16(17)21(19-18-20)14-15-11-8-7-9-12-15;8-7(9)5-2-1-3-6(4-5)13(10,11)12/h7-9,11-12,17H,2-6,10,13-14H2,1H3;1-4H,(H,8,9)(H,10,11,12). The minimum atomic E-state index is -4.32. The van der Waals surface area contributed by atoms with Crippen LogP contribution in [0, 0.1) is 5.41 Å². The Kier molecular flexibility index (Phi) is 10.6. The van der Waals surface area contributed by atoms with E-state index >= 15 is 0 Å². The fraction of sp³-hybridized carbons (Fsp3) is 0.391. The summed E-state index contributed by atoms with van der Waals surface area (Å²) in [6, 6.07) is 14.5. The average molecular weight is 490 g/mol. The van der Waals surface area contributed by atoms with E-state index in [1.165, 1.54) is 44.2 Å². The van der Waals surface area contributed by atoms with E-state index in [4.69, 9.17) is 15.1 Å². The maximum atomic E-state index is 10.6. The number of carboxylic acid groups (broad SMARTS) is 1. The number of hydrogen-bond acceptors (Lipinski definition) is 6. The smallest absolute Gasteiger partial charge is 0.335 e. The molecule has 1 heterocycles. The minimum absolute atomic E-state index is 0.185. The van der Waals surface area contributed by atoms with Gasteiger partial charge in [-0.25, -0.2) is 14.2 Å².